The van der Waals surface area contributed by atoms with E-state index in [0.29, 0.717) is 22.9 Å². The van der Waals surface area contributed by atoms with Crippen molar-refractivity contribution in [2.75, 3.05) is 30.6 Å². The van der Waals surface area contributed by atoms with Crippen LogP contribution in [0.1, 0.15) is 0 Å². The molecule has 0 atom stereocenters. The van der Waals surface area contributed by atoms with Crippen molar-refractivity contribution in [3.8, 4) is 11.5 Å². The molecule has 2 aromatic carbocycles. The van der Waals surface area contributed by atoms with E-state index in [4.69, 9.17) is 15.2 Å². The molecule has 4 N–H and O–H groups in total. The molecule has 3 aromatic rings. The number of nitrogens with two attached hydrogens (primary N) is 1. The Morgan fingerprint density at radius 1 is 1.07 bits per heavy atom. The van der Waals surface area contributed by atoms with Crippen LogP contribution in [0.3, 0.4) is 0 Å². The molecular weight excluding hydrogens is 383 g/mol. The first-order valence-corrected chi connectivity index (χ1v) is 8.24. The van der Waals surface area contributed by atoms with Gasteiger partial charge in [-0.3, -0.25) is 10.1 Å². The molecule has 10 nitrogen and oxygen atoms in total. The summed E-state index contributed by atoms with van der Waals surface area (Å²) in [5.41, 5.74) is 6.14. The number of nitro groups is 1. The first-order chi connectivity index (χ1) is 13.9. The zero-order valence-corrected chi connectivity index (χ0v) is 15.5. The minimum atomic E-state index is -0.697. The lowest BCUT2D eigenvalue weighted by Crippen LogP contribution is -2.09. The molecule has 0 aliphatic rings. The first kappa shape index (κ1) is 19.6. The second-order valence-electron chi connectivity index (χ2n) is 5.71. The van der Waals surface area contributed by atoms with Crippen molar-refractivity contribution in [2.45, 2.75) is 0 Å². The van der Waals surface area contributed by atoms with Crippen LogP contribution in [0.5, 0.6) is 11.5 Å². The average molecular weight is 400 g/mol. The van der Waals surface area contributed by atoms with Gasteiger partial charge in [-0.05, 0) is 36.4 Å². The second kappa shape index (κ2) is 8.25. The van der Waals surface area contributed by atoms with Gasteiger partial charge in [0.2, 0.25) is 17.6 Å². The van der Waals surface area contributed by atoms with E-state index in [9.17, 15) is 14.5 Å². The largest absolute Gasteiger partial charge is 0.497 e. The molecule has 0 amide bonds. The number of nitrogens with one attached hydrogen (secondary N) is 2. The molecule has 150 valence electrons. The zero-order valence-electron chi connectivity index (χ0n) is 15.5. The Kier molecular flexibility index (Phi) is 5.58. The lowest BCUT2D eigenvalue weighted by atomic mass is 10.2. The number of halogens is 1. The molecule has 0 bridgehead atoms. The van der Waals surface area contributed by atoms with Crippen LogP contribution in [-0.2, 0) is 0 Å². The summed E-state index contributed by atoms with van der Waals surface area (Å²) in [6.07, 6.45) is 0. The van der Waals surface area contributed by atoms with Crippen molar-refractivity contribution in [3.05, 3.63) is 58.4 Å². The minimum absolute atomic E-state index is 0.00994. The molecule has 0 unspecified atom stereocenters. The summed E-state index contributed by atoms with van der Waals surface area (Å²) in [6, 6.07) is 10.3. The summed E-state index contributed by atoms with van der Waals surface area (Å²) < 4.78 is 23.6. The van der Waals surface area contributed by atoms with Gasteiger partial charge in [0.1, 0.15) is 17.3 Å². The predicted molar refractivity (Wildman–Crippen MR) is 106 cm³/mol. The molecule has 0 aliphatic heterocycles. The summed E-state index contributed by atoms with van der Waals surface area (Å²) in [5, 5.41) is 17.1. The molecule has 0 aliphatic carbocycles. The number of benzene rings is 2. The molecule has 11 heteroatoms. The Balaban J connectivity index is 2.01. The van der Waals surface area contributed by atoms with Gasteiger partial charge in [0.05, 0.1) is 24.8 Å². The van der Waals surface area contributed by atoms with Crippen LogP contribution in [0, 0.1) is 15.9 Å². The molecule has 3 rings (SSSR count). The molecule has 29 heavy (non-hydrogen) atoms. The standard InChI is InChI=1S/C18H17FN6O4/c1-28-12-7-8-14(29-2)13(9-12)22-18-23-16(20)15(25(26)27)17(24-18)21-11-5-3-10(19)4-6-11/h3-9H,1-2H3,(H4,20,21,22,23,24). The smallest absolute Gasteiger partial charge is 0.353 e. The van der Waals surface area contributed by atoms with Gasteiger partial charge in [-0.2, -0.15) is 9.97 Å². The fourth-order valence-electron chi connectivity index (χ4n) is 2.50. The number of aromatic nitrogens is 2. The van der Waals surface area contributed by atoms with E-state index < -0.39 is 16.4 Å². The highest BCUT2D eigenvalue weighted by atomic mass is 19.1. The van der Waals surface area contributed by atoms with Crippen LogP contribution in [0.2, 0.25) is 0 Å². The Hall–Kier alpha value is -4.15. The maximum absolute atomic E-state index is 13.1. The summed E-state index contributed by atoms with van der Waals surface area (Å²) in [6.45, 7) is 0. The van der Waals surface area contributed by atoms with Gasteiger partial charge in [-0.25, -0.2) is 4.39 Å². The van der Waals surface area contributed by atoms with Crippen molar-refractivity contribution in [1.82, 2.24) is 9.97 Å². The number of nitrogen functional groups attached to an aromatic ring is 1. The van der Waals surface area contributed by atoms with Crippen LogP contribution in [0.15, 0.2) is 42.5 Å². The van der Waals surface area contributed by atoms with Gasteiger partial charge in [-0.15, -0.1) is 0 Å². The number of methoxy groups -OCH3 is 2. The topological polar surface area (TPSA) is 137 Å². The number of hydrogen-bond donors (Lipinski definition) is 3. The second-order valence-corrected chi connectivity index (χ2v) is 5.71. The highest BCUT2D eigenvalue weighted by molar-refractivity contribution is 5.76. The third kappa shape index (κ3) is 4.40. The number of anilines is 5. The van der Waals surface area contributed by atoms with Gasteiger partial charge in [0, 0.05) is 11.8 Å². The van der Waals surface area contributed by atoms with E-state index in [1.165, 1.54) is 38.5 Å². The van der Waals surface area contributed by atoms with Crippen molar-refractivity contribution in [3.63, 3.8) is 0 Å². The van der Waals surface area contributed by atoms with Crippen molar-refractivity contribution in [1.29, 1.82) is 0 Å². The van der Waals surface area contributed by atoms with E-state index in [1.807, 2.05) is 0 Å². The molecule has 0 saturated carbocycles. The van der Waals surface area contributed by atoms with Gasteiger partial charge >= 0.3 is 5.69 Å². The fraction of sp³-hybridized carbons (Fsp3) is 0.111. The molecule has 1 heterocycles. The SMILES string of the molecule is COc1ccc(OC)c(Nc2nc(N)c([N+](=O)[O-])c(Nc3ccc(F)cc3)n2)c1. The molecule has 0 spiro atoms. The normalized spacial score (nSPS) is 10.3. The lowest BCUT2D eigenvalue weighted by Gasteiger charge is -2.13. The van der Waals surface area contributed by atoms with Crippen LogP contribution in [0.25, 0.3) is 0 Å². The number of hydrogen-bond acceptors (Lipinski definition) is 9. The molecular formula is C18H17FN6O4. The van der Waals surface area contributed by atoms with E-state index in [0.717, 1.165) is 0 Å². The highest BCUT2D eigenvalue weighted by Crippen LogP contribution is 2.34. The Morgan fingerprint density at radius 2 is 1.79 bits per heavy atom. The quantitative estimate of drug-likeness (QED) is 0.401. The monoisotopic (exact) mass is 400 g/mol. The van der Waals surface area contributed by atoms with Crippen LogP contribution in [-0.4, -0.2) is 29.1 Å². The van der Waals surface area contributed by atoms with Crippen LogP contribution in [0.4, 0.5) is 39.0 Å². The van der Waals surface area contributed by atoms with Gasteiger partial charge in [0.15, 0.2) is 0 Å². The minimum Gasteiger partial charge on any atom is -0.497 e. The van der Waals surface area contributed by atoms with E-state index in [-0.39, 0.29) is 17.6 Å². The van der Waals surface area contributed by atoms with Crippen LogP contribution >= 0.6 is 0 Å². The fourth-order valence-corrected chi connectivity index (χ4v) is 2.50. The van der Waals surface area contributed by atoms with Crippen molar-refractivity contribution < 1.29 is 18.8 Å². The van der Waals surface area contributed by atoms with Gasteiger partial charge in [-0.1, -0.05) is 0 Å². The van der Waals surface area contributed by atoms with E-state index in [1.54, 1.807) is 18.2 Å². The van der Waals surface area contributed by atoms with Crippen molar-refractivity contribution >= 4 is 34.6 Å². The van der Waals surface area contributed by atoms with Gasteiger partial charge in [0.25, 0.3) is 0 Å². The Labute approximate surface area is 164 Å². The summed E-state index contributed by atoms with van der Waals surface area (Å²) in [7, 11) is 3.00. The number of ether oxygens (including phenoxy) is 2. The predicted octanol–water partition coefficient (Wildman–Crippen LogP) is 3.61. The van der Waals surface area contributed by atoms with Crippen LogP contribution < -0.4 is 25.8 Å². The average Bonchev–Trinajstić information content (AvgIpc) is 2.69. The maximum atomic E-state index is 13.1. The van der Waals surface area contributed by atoms with Gasteiger partial charge < -0.3 is 25.8 Å². The maximum Gasteiger partial charge on any atom is 0.353 e. The highest BCUT2D eigenvalue weighted by Gasteiger charge is 2.24. The van der Waals surface area contributed by atoms with E-state index >= 15 is 0 Å². The summed E-state index contributed by atoms with van der Waals surface area (Å²) >= 11 is 0. The third-order valence-corrected chi connectivity index (χ3v) is 3.85. The summed E-state index contributed by atoms with van der Waals surface area (Å²) in [5.74, 6) is 0.0636. The summed E-state index contributed by atoms with van der Waals surface area (Å²) in [4.78, 5) is 18.8. The number of rotatable bonds is 7. The Bertz CT molecular complexity index is 1050. The van der Waals surface area contributed by atoms with E-state index in [2.05, 4.69) is 20.6 Å². The lowest BCUT2D eigenvalue weighted by molar-refractivity contribution is -0.383. The molecule has 0 radical (unpaired) electrons. The molecule has 0 saturated heterocycles. The molecule has 0 fully saturated rings. The number of nitrogens with zero attached hydrogens (tertiary/aromatic N) is 3. The Morgan fingerprint density at radius 3 is 2.41 bits per heavy atom. The third-order valence-electron chi connectivity index (χ3n) is 3.85. The first-order valence-electron chi connectivity index (χ1n) is 8.24. The molecule has 1 aromatic heterocycles. The van der Waals surface area contributed by atoms with Crippen molar-refractivity contribution in [2.24, 2.45) is 0 Å². The zero-order chi connectivity index (χ0) is 21.0.